The van der Waals surface area contributed by atoms with Gasteiger partial charge in [-0.25, -0.2) is 0 Å². The molecule has 1 atom stereocenters. The molecule has 1 aliphatic rings. The maximum atomic E-state index is 12.6. The Kier molecular flexibility index (Phi) is 3.22. The van der Waals surface area contributed by atoms with Crippen LogP contribution in [0, 0.1) is 0 Å². The van der Waals surface area contributed by atoms with Gasteiger partial charge in [0.05, 0.1) is 22.6 Å². The van der Waals surface area contributed by atoms with Gasteiger partial charge in [0.1, 0.15) is 0 Å². The topological polar surface area (TPSA) is 46.1 Å². The Balaban J connectivity index is 2.27. The predicted octanol–water partition coefficient (Wildman–Crippen LogP) is 3.00. The summed E-state index contributed by atoms with van der Waals surface area (Å²) in [6.45, 7) is 2.14. The quantitative estimate of drug-likeness (QED) is 0.840. The van der Waals surface area contributed by atoms with E-state index < -0.39 is 0 Å². The van der Waals surface area contributed by atoms with Gasteiger partial charge in [-0.05, 0) is 30.7 Å². The molecule has 4 nitrogen and oxygen atoms in total. The van der Waals surface area contributed by atoms with Crippen molar-refractivity contribution in [2.75, 3.05) is 11.9 Å². The zero-order valence-electron chi connectivity index (χ0n) is 11.7. The van der Waals surface area contributed by atoms with E-state index in [1.165, 1.54) is 0 Å². The van der Waals surface area contributed by atoms with Crippen LogP contribution in [0.15, 0.2) is 36.7 Å². The predicted molar refractivity (Wildman–Crippen MR) is 78.0 cm³/mol. The van der Waals surface area contributed by atoms with Crippen molar-refractivity contribution in [2.24, 2.45) is 0 Å². The first-order valence-electron chi connectivity index (χ1n) is 6.92. The Labute approximate surface area is 118 Å². The van der Waals surface area contributed by atoms with Crippen LogP contribution in [-0.2, 0) is 0 Å². The summed E-state index contributed by atoms with van der Waals surface area (Å²) in [4.78, 5) is 23.3. The van der Waals surface area contributed by atoms with Gasteiger partial charge in [-0.15, -0.1) is 0 Å². The number of hydrogen-bond acceptors (Lipinski definition) is 3. The van der Waals surface area contributed by atoms with Crippen LogP contribution in [0.1, 0.15) is 47.4 Å². The molecule has 0 fully saturated rings. The third-order valence-corrected chi connectivity index (χ3v) is 3.79. The van der Waals surface area contributed by atoms with Crippen LogP contribution in [0.4, 0.5) is 5.69 Å². The van der Waals surface area contributed by atoms with E-state index in [9.17, 15) is 4.79 Å². The number of amides is 1. The summed E-state index contributed by atoms with van der Waals surface area (Å²) in [6.07, 6.45) is 5.50. The summed E-state index contributed by atoms with van der Waals surface area (Å²) in [5, 5.41) is 0. The second-order valence-electron chi connectivity index (χ2n) is 5.05. The zero-order valence-corrected chi connectivity index (χ0v) is 11.7. The Morgan fingerprint density at radius 1 is 1.15 bits per heavy atom. The number of fused-ring (bicyclic) bond motifs is 2. The van der Waals surface area contributed by atoms with E-state index in [0.29, 0.717) is 5.56 Å². The molecule has 3 heterocycles. The first-order valence-corrected chi connectivity index (χ1v) is 6.92. The van der Waals surface area contributed by atoms with E-state index in [0.717, 1.165) is 29.9 Å². The van der Waals surface area contributed by atoms with Gasteiger partial charge in [-0.2, -0.15) is 0 Å². The number of aromatic nitrogens is 2. The molecule has 2 aromatic heterocycles. The van der Waals surface area contributed by atoms with Gasteiger partial charge >= 0.3 is 0 Å². The Morgan fingerprint density at radius 3 is 2.60 bits per heavy atom. The first-order chi connectivity index (χ1) is 9.74. The molecule has 102 valence electrons. The molecule has 4 heteroatoms. The molecule has 1 unspecified atom stereocenters. The summed E-state index contributed by atoms with van der Waals surface area (Å²) >= 11 is 0. The fourth-order valence-electron chi connectivity index (χ4n) is 2.82. The molecule has 0 saturated heterocycles. The average molecular weight is 267 g/mol. The standard InChI is InChI=1S/C16H17N3O/c1-3-6-11-14-12(7-4-9-17-14)16(20)19(2)13-8-5-10-18-15(11)13/h4-5,7-11H,3,6H2,1-2H3. The zero-order chi connectivity index (χ0) is 14.1. The minimum atomic E-state index is -0.0130. The van der Waals surface area contributed by atoms with Crippen LogP contribution < -0.4 is 4.90 Å². The van der Waals surface area contributed by atoms with Crippen LogP contribution in [0.5, 0.6) is 0 Å². The van der Waals surface area contributed by atoms with Crippen LogP contribution in [0.2, 0.25) is 0 Å². The molecular weight excluding hydrogens is 250 g/mol. The second kappa shape index (κ2) is 5.04. The van der Waals surface area contributed by atoms with Crippen molar-refractivity contribution in [1.82, 2.24) is 9.97 Å². The van der Waals surface area contributed by atoms with E-state index >= 15 is 0 Å². The highest BCUT2D eigenvalue weighted by Crippen LogP contribution is 2.37. The van der Waals surface area contributed by atoms with Crippen molar-refractivity contribution in [2.45, 2.75) is 25.7 Å². The van der Waals surface area contributed by atoms with Crippen molar-refractivity contribution >= 4 is 11.6 Å². The summed E-state index contributed by atoms with van der Waals surface area (Å²) in [6, 6.07) is 7.50. The molecule has 1 amide bonds. The molecule has 1 aliphatic heterocycles. The third-order valence-electron chi connectivity index (χ3n) is 3.79. The largest absolute Gasteiger partial charge is 0.310 e. The van der Waals surface area contributed by atoms with Crippen LogP contribution in [0.25, 0.3) is 0 Å². The van der Waals surface area contributed by atoms with Crippen molar-refractivity contribution in [3.8, 4) is 0 Å². The van der Waals surface area contributed by atoms with Crippen LogP contribution in [0.3, 0.4) is 0 Å². The molecule has 0 aliphatic carbocycles. The third kappa shape index (κ3) is 1.88. The molecule has 0 spiro atoms. The van der Waals surface area contributed by atoms with Crippen molar-refractivity contribution in [3.05, 3.63) is 53.6 Å². The SMILES string of the molecule is CCCC1c2ncccc2C(=O)N(C)c2cccnc21. The monoisotopic (exact) mass is 267 g/mol. The van der Waals surface area contributed by atoms with Gasteiger partial charge in [0, 0.05) is 25.4 Å². The summed E-state index contributed by atoms with van der Waals surface area (Å²) in [5.41, 5.74) is 3.37. The smallest absolute Gasteiger partial charge is 0.259 e. The summed E-state index contributed by atoms with van der Waals surface area (Å²) in [5.74, 6) is 0.0715. The number of anilines is 1. The van der Waals surface area contributed by atoms with Crippen LogP contribution in [-0.4, -0.2) is 22.9 Å². The highest BCUT2D eigenvalue weighted by Gasteiger charge is 2.31. The lowest BCUT2D eigenvalue weighted by molar-refractivity contribution is 0.0992. The van der Waals surface area contributed by atoms with E-state index in [-0.39, 0.29) is 11.8 Å². The van der Waals surface area contributed by atoms with Gasteiger partial charge in [0.15, 0.2) is 0 Å². The molecule has 0 radical (unpaired) electrons. The number of rotatable bonds is 2. The number of pyridine rings is 2. The van der Waals surface area contributed by atoms with Gasteiger partial charge in [-0.3, -0.25) is 14.8 Å². The molecule has 0 aromatic carbocycles. The summed E-state index contributed by atoms with van der Waals surface area (Å²) < 4.78 is 0. The lowest BCUT2D eigenvalue weighted by atomic mass is 9.92. The van der Waals surface area contributed by atoms with E-state index in [2.05, 4.69) is 16.9 Å². The van der Waals surface area contributed by atoms with E-state index in [1.54, 1.807) is 24.3 Å². The number of carbonyl (C=O) groups is 1. The Hall–Kier alpha value is -2.23. The maximum Gasteiger partial charge on any atom is 0.259 e. The van der Waals surface area contributed by atoms with Crippen molar-refractivity contribution in [1.29, 1.82) is 0 Å². The highest BCUT2D eigenvalue weighted by atomic mass is 16.2. The first kappa shape index (κ1) is 12.8. The minimum Gasteiger partial charge on any atom is -0.310 e. The van der Waals surface area contributed by atoms with Crippen molar-refractivity contribution in [3.63, 3.8) is 0 Å². The molecule has 0 saturated carbocycles. The fraction of sp³-hybridized carbons (Fsp3) is 0.312. The highest BCUT2D eigenvalue weighted by molar-refractivity contribution is 6.08. The molecular formula is C16H17N3O. The van der Waals surface area contributed by atoms with E-state index in [4.69, 9.17) is 0 Å². The normalized spacial score (nSPS) is 17.4. The number of hydrogen-bond donors (Lipinski definition) is 0. The molecule has 0 bridgehead atoms. The van der Waals surface area contributed by atoms with Gasteiger partial charge in [0.2, 0.25) is 0 Å². The lowest BCUT2D eigenvalue weighted by Crippen LogP contribution is -2.26. The van der Waals surface area contributed by atoms with Gasteiger partial charge in [0.25, 0.3) is 5.91 Å². The molecule has 3 rings (SSSR count). The molecule has 20 heavy (non-hydrogen) atoms. The van der Waals surface area contributed by atoms with Gasteiger partial charge < -0.3 is 4.90 Å². The average Bonchev–Trinajstić information content (AvgIpc) is 2.58. The maximum absolute atomic E-state index is 12.6. The fourth-order valence-corrected chi connectivity index (χ4v) is 2.82. The number of carbonyl (C=O) groups excluding carboxylic acids is 1. The van der Waals surface area contributed by atoms with E-state index in [1.807, 2.05) is 24.3 Å². The number of nitrogens with zero attached hydrogens (tertiary/aromatic N) is 3. The molecule has 0 N–H and O–H groups in total. The molecule has 2 aromatic rings. The Morgan fingerprint density at radius 2 is 1.85 bits per heavy atom. The lowest BCUT2D eigenvalue weighted by Gasteiger charge is -2.18. The van der Waals surface area contributed by atoms with Gasteiger partial charge in [-0.1, -0.05) is 13.3 Å². The Bertz CT molecular complexity index is 654. The minimum absolute atomic E-state index is 0.0130. The summed E-state index contributed by atoms with van der Waals surface area (Å²) in [7, 11) is 1.80. The van der Waals surface area contributed by atoms with Crippen molar-refractivity contribution < 1.29 is 4.79 Å². The second-order valence-corrected chi connectivity index (χ2v) is 5.05. The van der Waals surface area contributed by atoms with Crippen LogP contribution >= 0.6 is 0 Å².